The molecule has 1 fully saturated rings. The van der Waals surface area contributed by atoms with Crippen LogP contribution in [0.3, 0.4) is 0 Å². The number of aryl methyl sites for hydroxylation is 1. The van der Waals surface area contributed by atoms with E-state index in [9.17, 15) is 13.2 Å². The van der Waals surface area contributed by atoms with Gasteiger partial charge in [0.25, 0.3) is 0 Å². The van der Waals surface area contributed by atoms with Crippen molar-refractivity contribution in [1.29, 1.82) is 0 Å². The molecule has 0 saturated heterocycles. The number of thiocarbonyl (C=S) groups is 1. The quantitative estimate of drug-likeness (QED) is 0.550. The van der Waals surface area contributed by atoms with Gasteiger partial charge in [-0.05, 0) is 44.8 Å². The van der Waals surface area contributed by atoms with Crippen LogP contribution in [0, 0.1) is 0 Å². The van der Waals surface area contributed by atoms with Crippen molar-refractivity contribution in [3.8, 4) is 0 Å². The molecule has 1 atom stereocenters. The fraction of sp³-hybridized carbons (Fsp3) is 0.733. The Morgan fingerprint density at radius 3 is 2.67 bits per heavy atom. The van der Waals surface area contributed by atoms with Crippen molar-refractivity contribution in [2.24, 2.45) is 0 Å². The highest BCUT2D eigenvalue weighted by Crippen LogP contribution is 2.46. The van der Waals surface area contributed by atoms with Crippen LogP contribution in [0.25, 0.3) is 0 Å². The molecule has 0 bridgehead atoms. The van der Waals surface area contributed by atoms with E-state index in [1.165, 1.54) is 4.68 Å². The van der Waals surface area contributed by atoms with Crippen LogP contribution >= 0.6 is 23.8 Å². The number of nitrogens with zero attached hydrogens (tertiary/aromatic N) is 2. The smallest absolute Gasteiger partial charge is 0.363 e. The van der Waals surface area contributed by atoms with E-state index in [1.807, 2.05) is 6.92 Å². The average molecular weight is 383 g/mol. The van der Waals surface area contributed by atoms with Crippen LogP contribution in [0.2, 0.25) is 5.02 Å². The molecule has 136 valence electrons. The summed E-state index contributed by atoms with van der Waals surface area (Å²) in [6, 6.07) is 0.283. The lowest BCUT2D eigenvalue weighted by Gasteiger charge is -2.15. The van der Waals surface area contributed by atoms with E-state index in [0.717, 1.165) is 19.3 Å². The molecule has 1 saturated carbocycles. The minimum atomic E-state index is -4.52. The molecule has 1 aromatic heterocycles. The molecule has 24 heavy (non-hydrogen) atoms. The van der Waals surface area contributed by atoms with E-state index < -0.39 is 11.9 Å². The van der Waals surface area contributed by atoms with E-state index in [0.29, 0.717) is 30.3 Å². The molecule has 4 nitrogen and oxygen atoms in total. The van der Waals surface area contributed by atoms with Gasteiger partial charge in [-0.2, -0.15) is 18.3 Å². The third-order valence-corrected chi connectivity index (χ3v) is 4.62. The Labute approximate surface area is 150 Å². The second kappa shape index (κ2) is 7.91. The zero-order valence-electron chi connectivity index (χ0n) is 13.7. The van der Waals surface area contributed by atoms with E-state index in [2.05, 4.69) is 22.7 Å². The van der Waals surface area contributed by atoms with Gasteiger partial charge in [-0.15, -0.1) is 0 Å². The van der Waals surface area contributed by atoms with Gasteiger partial charge in [0.2, 0.25) is 0 Å². The molecular weight excluding hydrogens is 361 g/mol. The van der Waals surface area contributed by atoms with Gasteiger partial charge in [0.1, 0.15) is 0 Å². The van der Waals surface area contributed by atoms with Crippen LogP contribution in [0.1, 0.15) is 56.8 Å². The first-order valence-electron chi connectivity index (χ1n) is 8.11. The van der Waals surface area contributed by atoms with Gasteiger partial charge in [-0.25, -0.2) is 0 Å². The summed E-state index contributed by atoms with van der Waals surface area (Å²) in [5, 5.41) is 10.2. The molecule has 9 heteroatoms. The number of halogens is 4. The van der Waals surface area contributed by atoms with Crippen molar-refractivity contribution < 1.29 is 13.2 Å². The van der Waals surface area contributed by atoms with Crippen LogP contribution in [-0.2, 0) is 12.7 Å². The van der Waals surface area contributed by atoms with Gasteiger partial charge >= 0.3 is 6.18 Å². The number of hydrogen-bond donors (Lipinski definition) is 2. The first-order chi connectivity index (χ1) is 11.2. The standard InChI is InChI=1S/C15H22ClF3N4S/c1-3-9(2)21-14(24)20-7-4-8-23-12(10-5-6-10)11(16)13(22-23)15(17,18)19/h9-10H,3-8H2,1-2H3,(H2,20,21,24). The highest BCUT2D eigenvalue weighted by atomic mass is 35.5. The summed E-state index contributed by atoms with van der Waals surface area (Å²) in [5.41, 5.74) is -0.461. The van der Waals surface area contributed by atoms with E-state index >= 15 is 0 Å². The maximum Gasteiger partial charge on any atom is 0.436 e. The summed E-state index contributed by atoms with van der Waals surface area (Å²) in [6.07, 6.45) is -1.23. The SMILES string of the molecule is CCC(C)NC(=S)NCCCn1nc(C(F)(F)F)c(Cl)c1C1CC1. The van der Waals surface area contributed by atoms with Crippen LogP contribution in [-0.4, -0.2) is 27.5 Å². The number of aromatic nitrogens is 2. The third-order valence-electron chi connectivity index (χ3n) is 3.99. The van der Waals surface area contributed by atoms with Gasteiger partial charge in [-0.3, -0.25) is 4.68 Å². The van der Waals surface area contributed by atoms with Crippen molar-refractivity contribution >= 4 is 28.9 Å². The first kappa shape index (κ1) is 19.3. The van der Waals surface area contributed by atoms with Gasteiger partial charge < -0.3 is 10.6 Å². The zero-order valence-corrected chi connectivity index (χ0v) is 15.3. The summed E-state index contributed by atoms with van der Waals surface area (Å²) in [4.78, 5) is 0. The maximum atomic E-state index is 13.0. The van der Waals surface area contributed by atoms with Crippen LogP contribution in [0.4, 0.5) is 13.2 Å². The molecule has 0 radical (unpaired) electrons. The molecule has 0 amide bonds. The van der Waals surface area contributed by atoms with Crippen LogP contribution < -0.4 is 10.6 Å². The normalized spacial score (nSPS) is 16.1. The Hall–Kier alpha value is -1.02. The Morgan fingerprint density at radius 1 is 1.46 bits per heavy atom. The highest BCUT2D eigenvalue weighted by molar-refractivity contribution is 7.80. The molecule has 1 heterocycles. The lowest BCUT2D eigenvalue weighted by Crippen LogP contribution is -2.40. The van der Waals surface area contributed by atoms with E-state index in [4.69, 9.17) is 23.8 Å². The summed E-state index contributed by atoms with van der Waals surface area (Å²) in [7, 11) is 0. The molecule has 0 aliphatic heterocycles. The van der Waals surface area contributed by atoms with Crippen LogP contribution in [0.5, 0.6) is 0 Å². The minimum Gasteiger partial charge on any atom is -0.363 e. The fourth-order valence-corrected chi connectivity index (χ4v) is 3.06. The molecule has 1 aliphatic rings. The van der Waals surface area contributed by atoms with Gasteiger partial charge in [0.05, 0.1) is 10.7 Å². The first-order valence-corrected chi connectivity index (χ1v) is 8.90. The van der Waals surface area contributed by atoms with Gasteiger partial charge in [0.15, 0.2) is 10.8 Å². The van der Waals surface area contributed by atoms with Gasteiger partial charge in [0, 0.05) is 25.0 Å². The monoisotopic (exact) mass is 382 g/mol. The summed E-state index contributed by atoms with van der Waals surface area (Å²) in [5.74, 6) is 0.0993. The van der Waals surface area contributed by atoms with Gasteiger partial charge in [-0.1, -0.05) is 18.5 Å². The molecule has 2 N–H and O–H groups in total. The topological polar surface area (TPSA) is 41.9 Å². The third kappa shape index (κ3) is 4.99. The lowest BCUT2D eigenvalue weighted by molar-refractivity contribution is -0.141. The predicted octanol–water partition coefficient (Wildman–Crippen LogP) is 4.09. The fourth-order valence-electron chi connectivity index (χ4n) is 2.36. The average Bonchev–Trinajstić information content (AvgIpc) is 3.26. The molecule has 0 spiro atoms. The molecule has 1 aliphatic carbocycles. The number of alkyl halides is 3. The van der Waals surface area contributed by atoms with E-state index in [1.54, 1.807) is 0 Å². The summed E-state index contributed by atoms with van der Waals surface area (Å²) >= 11 is 11.1. The Bertz CT molecular complexity index is 584. The van der Waals surface area contributed by atoms with Crippen molar-refractivity contribution in [3.63, 3.8) is 0 Å². The Balaban J connectivity index is 1.92. The molecule has 0 aromatic carbocycles. The molecular formula is C15H22ClF3N4S. The van der Waals surface area contributed by atoms with Crippen molar-refractivity contribution in [2.45, 2.75) is 64.2 Å². The lowest BCUT2D eigenvalue weighted by atomic mass is 10.2. The summed E-state index contributed by atoms with van der Waals surface area (Å²) in [6.45, 7) is 5.02. The molecule has 1 unspecified atom stereocenters. The Kier molecular flexibility index (Phi) is 6.36. The number of rotatable bonds is 7. The predicted molar refractivity (Wildman–Crippen MR) is 92.3 cm³/mol. The van der Waals surface area contributed by atoms with Crippen molar-refractivity contribution in [2.75, 3.05) is 6.54 Å². The zero-order chi connectivity index (χ0) is 17.9. The minimum absolute atomic E-state index is 0.0993. The summed E-state index contributed by atoms with van der Waals surface area (Å²) < 4.78 is 40.3. The second-order valence-electron chi connectivity index (χ2n) is 6.11. The number of nitrogens with one attached hydrogen (secondary N) is 2. The van der Waals surface area contributed by atoms with Crippen molar-refractivity contribution in [1.82, 2.24) is 20.4 Å². The largest absolute Gasteiger partial charge is 0.436 e. The highest BCUT2D eigenvalue weighted by Gasteiger charge is 2.41. The molecule has 1 aromatic rings. The van der Waals surface area contributed by atoms with Crippen LogP contribution in [0.15, 0.2) is 0 Å². The molecule has 2 rings (SSSR count). The number of hydrogen-bond acceptors (Lipinski definition) is 2. The Morgan fingerprint density at radius 2 is 2.12 bits per heavy atom. The van der Waals surface area contributed by atoms with E-state index in [-0.39, 0.29) is 17.0 Å². The second-order valence-corrected chi connectivity index (χ2v) is 6.89. The van der Waals surface area contributed by atoms with Crippen molar-refractivity contribution in [3.05, 3.63) is 16.4 Å². The maximum absolute atomic E-state index is 13.0.